The normalized spacial score (nSPS) is 31.6. The number of rotatable bonds is 3. The Kier molecular flexibility index (Phi) is 3.92. The summed E-state index contributed by atoms with van der Waals surface area (Å²) in [6.07, 6.45) is 4.04. The molecule has 3 heteroatoms. The van der Waals surface area contributed by atoms with Gasteiger partial charge in [-0.05, 0) is 38.0 Å². The number of carbonyl (C=O) groups excluding carboxylic acids is 1. The maximum absolute atomic E-state index is 12.0. The SMILES string of the molecule is CCC(C)(C(=O)OC)C1(O)CCCC(C)(C)C1. The van der Waals surface area contributed by atoms with E-state index in [9.17, 15) is 9.90 Å². The Morgan fingerprint density at radius 2 is 2.00 bits per heavy atom. The van der Waals surface area contributed by atoms with E-state index in [-0.39, 0.29) is 11.4 Å². The average molecular weight is 242 g/mol. The fourth-order valence-corrected chi connectivity index (χ4v) is 3.19. The van der Waals surface area contributed by atoms with E-state index in [0.29, 0.717) is 19.3 Å². The number of ether oxygens (including phenoxy) is 1. The molecule has 100 valence electrons. The van der Waals surface area contributed by atoms with E-state index < -0.39 is 11.0 Å². The molecule has 0 aromatic rings. The molecule has 0 radical (unpaired) electrons. The van der Waals surface area contributed by atoms with Crippen molar-refractivity contribution >= 4 is 5.97 Å². The Bertz CT molecular complexity index is 298. The van der Waals surface area contributed by atoms with Gasteiger partial charge in [0.15, 0.2) is 0 Å². The van der Waals surface area contributed by atoms with Gasteiger partial charge in [0, 0.05) is 0 Å². The quantitative estimate of drug-likeness (QED) is 0.774. The van der Waals surface area contributed by atoms with Crippen LogP contribution in [-0.2, 0) is 9.53 Å². The molecule has 1 rings (SSSR count). The minimum absolute atomic E-state index is 0.0947. The van der Waals surface area contributed by atoms with E-state index >= 15 is 0 Å². The Balaban J connectivity index is 3.05. The summed E-state index contributed by atoms with van der Waals surface area (Å²) in [4.78, 5) is 12.0. The van der Waals surface area contributed by atoms with Gasteiger partial charge in [-0.2, -0.15) is 0 Å². The first kappa shape index (κ1) is 14.5. The van der Waals surface area contributed by atoms with Gasteiger partial charge in [0.1, 0.15) is 0 Å². The third-order valence-electron chi connectivity index (χ3n) is 4.59. The summed E-state index contributed by atoms with van der Waals surface area (Å²) < 4.78 is 4.89. The molecule has 2 atom stereocenters. The maximum Gasteiger partial charge on any atom is 0.314 e. The molecule has 1 saturated carbocycles. The highest BCUT2D eigenvalue weighted by Crippen LogP contribution is 2.50. The highest BCUT2D eigenvalue weighted by atomic mass is 16.5. The van der Waals surface area contributed by atoms with Gasteiger partial charge in [0.25, 0.3) is 0 Å². The number of hydrogen-bond donors (Lipinski definition) is 1. The maximum atomic E-state index is 12.0. The minimum atomic E-state index is -0.934. The molecule has 17 heavy (non-hydrogen) atoms. The van der Waals surface area contributed by atoms with Crippen molar-refractivity contribution < 1.29 is 14.6 Å². The zero-order chi connectivity index (χ0) is 13.3. The van der Waals surface area contributed by atoms with Gasteiger partial charge in [0.2, 0.25) is 0 Å². The summed E-state index contributed by atoms with van der Waals surface area (Å²) in [5.41, 5.74) is -1.63. The van der Waals surface area contributed by atoms with Crippen molar-refractivity contribution in [2.75, 3.05) is 7.11 Å². The molecule has 0 aromatic carbocycles. The van der Waals surface area contributed by atoms with Crippen molar-refractivity contribution in [3.8, 4) is 0 Å². The Morgan fingerprint density at radius 1 is 1.41 bits per heavy atom. The molecule has 0 aromatic heterocycles. The fourth-order valence-electron chi connectivity index (χ4n) is 3.19. The van der Waals surface area contributed by atoms with Gasteiger partial charge in [-0.15, -0.1) is 0 Å². The van der Waals surface area contributed by atoms with Crippen LogP contribution in [0.1, 0.15) is 59.8 Å². The zero-order valence-electron chi connectivity index (χ0n) is 11.8. The molecule has 0 bridgehead atoms. The first-order chi connectivity index (χ1) is 7.71. The lowest BCUT2D eigenvalue weighted by Gasteiger charge is -2.49. The molecule has 1 aliphatic rings. The summed E-state index contributed by atoms with van der Waals surface area (Å²) in [7, 11) is 1.40. The molecule has 0 amide bonds. The van der Waals surface area contributed by atoms with Gasteiger partial charge >= 0.3 is 5.97 Å². The molecule has 0 saturated heterocycles. The van der Waals surface area contributed by atoms with Crippen LogP contribution in [0.3, 0.4) is 0 Å². The smallest absolute Gasteiger partial charge is 0.314 e. The molecule has 1 aliphatic carbocycles. The van der Waals surface area contributed by atoms with E-state index in [1.807, 2.05) is 13.8 Å². The number of methoxy groups -OCH3 is 1. The lowest BCUT2D eigenvalue weighted by molar-refractivity contribution is -0.182. The number of hydrogen-bond acceptors (Lipinski definition) is 3. The first-order valence-corrected chi connectivity index (χ1v) is 6.51. The van der Waals surface area contributed by atoms with E-state index in [1.165, 1.54) is 7.11 Å². The molecule has 0 aliphatic heterocycles. The van der Waals surface area contributed by atoms with Crippen LogP contribution in [0.4, 0.5) is 0 Å². The van der Waals surface area contributed by atoms with Gasteiger partial charge < -0.3 is 9.84 Å². The molecule has 0 spiro atoms. The van der Waals surface area contributed by atoms with Crippen molar-refractivity contribution in [3.05, 3.63) is 0 Å². The summed E-state index contributed by atoms with van der Waals surface area (Å²) >= 11 is 0. The average Bonchev–Trinajstić information content (AvgIpc) is 2.24. The van der Waals surface area contributed by atoms with Crippen molar-refractivity contribution in [3.63, 3.8) is 0 Å². The fraction of sp³-hybridized carbons (Fsp3) is 0.929. The first-order valence-electron chi connectivity index (χ1n) is 6.51. The van der Waals surface area contributed by atoms with Crippen LogP contribution >= 0.6 is 0 Å². The van der Waals surface area contributed by atoms with Crippen LogP contribution in [0.15, 0.2) is 0 Å². The van der Waals surface area contributed by atoms with Crippen LogP contribution in [0, 0.1) is 10.8 Å². The summed E-state index contributed by atoms with van der Waals surface area (Å²) in [5.74, 6) is -0.291. The molecular formula is C14H26O3. The Hall–Kier alpha value is -0.570. The topological polar surface area (TPSA) is 46.5 Å². The van der Waals surface area contributed by atoms with Crippen LogP contribution in [0.25, 0.3) is 0 Å². The molecule has 1 fully saturated rings. The summed E-state index contributed by atoms with van der Waals surface area (Å²) in [6.45, 7) is 8.09. The predicted octanol–water partition coefficient (Wildman–Crippen LogP) is 2.91. The molecule has 3 nitrogen and oxygen atoms in total. The van der Waals surface area contributed by atoms with Crippen LogP contribution in [0.5, 0.6) is 0 Å². The van der Waals surface area contributed by atoms with Gasteiger partial charge in [0.05, 0.1) is 18.1 Å². The van der Waals surface area contributed by atoms with Crippen LogP contribution in [0.2, 0.25) is 0 Å². The zero-order valence-corrected chi connectivity index (χ0v) is 11.8. The molecule has 2 unspecified atom stereocenters. The van der Waals surface area contributed by atoms with Crippen molar-refractivity contribution in [2.24, 2.45) is 10.8 Å². The molecule has 1 N–H and O–H groups in total. The van der Waals surface area contributed by atoms with Gasteiger partial charge in [-0.1, -0.05) is 27.2 Å². The molecular weight excluding hydrogens is 216 g/mol. The highest BCUT2D eigenvalue weighted by Gasteiger charge is 2.54. The van der Waals surface area contributed by atoms with Crippen molar-refractivity contribution in [1.29, 1.82) is 0 Å². The van der Waals surface area contributed by atoms with E-state index in [2.05, 4.69) is 13.8 Å². The highest BCUT2D eigenvalue weighted by molar-refractivity contribution is 5.77. The van der Waals surface area contributed by atoms with Crippen molar-refractivity contribution in [2.45, 2.75) is 65.4 Å². The largest absolute Gasteiger partial charge is 0.469 e. The second kappa shape index (κ2) is 4.60. The minimum Gasteiger partial charge on any atom is -0.469 e. The second-order valence-electron chi connectivity index (χ2n) is 6.40. The second-order valence-corrected chi connectivity index (χ2v) is 6.40. The predicted molar refractivity (Wildman–Crippen MR) is 67.6 cm³/mol. The van der Waals surface area contributed by atoms with E-state index in [1.54, 1.807) is 0 Å². The third-order valence-corrected chi connectivity index (χ3v) is 4.59. The summed E-state index contributed by atoms with van der Waals surface area (Å²) in [5, 5.41) is 10.9. The van der Waals surface area contributed by atoms with Crippen LogP contribution < -0.4 is 0 Å². The lowest BCUT2D eigenvalue weighted by atomic mass is 9.59. The number of carbonyl (C=O) groups is 1. The lowest BCUT2D eigenvalue weighted by Crippen LogP contribution is -2.55. The monoisotopic (exact) mass is 242 g/mol. The standard InChI is InChI=1S/C14H26O3/c1-6-13(4,11(15)17-5)14(16)9-7-8-12(2,3)10-14/h16H,6-10H2,1-5H3. The molecule has 0 heterocycles. The number of esters is 1. The van der Waals surface area contributed by atoms with Crippen molar-refractivity contribution in [1.82, 2.24) is 0 Å². The third kappa shape index (κ3) is 2.49. The van der Waals surface area contributed by atoms with Crippen LogP contribution in [-0.4, -0.2) is 23.8 Å². The Labute approximate surface area is 105 Å². The van der Waals surface area contributed by atoms with Gasteiger partial charge in [-0.3, -0.25) is 4.79 Å². The number of aliphatic hydroxyl groups is 1. The van der Waals surface area contributed by atoms with E-state index in [0.717, 1.165) is 12.8 Å². The van der Waals surface area contributed by atoms with E-state index in [4.69, 9.17) is 4.74 Å². The Morgan fingerprint density at radius 3 is 2.41 bits per heavy atom. The summed E-state index contributed by atoms with van der Waals surface area (Å²) in [6, 6.07) is 0. The van der Waals surface area contributed by atoms with Gasteiger partial charge in [-0.25, -0.2) is 0 Å².